The van der Waals surface area contributed by atoms with E-state index >= 15 is 0 Å². The van der Waals surface area contributed by atoms with Gasteiger partial charge in [-0.15, -0.1) is 0 Å². The molecule has 5 heteroatoms. The number of halogens is 1. The summed E-state index contributed by atoms with van der Waals surface area (Å²) >= 11 is 0. The zero-order valence-corrected chi connectivity index (χ0v) is 8.00. The molecule has 0 amide bonds. The van der Waals surface area contributed by atoms with Gasteiger partial charge in [0.1, 0.15) is 0 Å². The third kappa shape index (κ3) is 2.34. The molecule has 0 fully saturated rings. The molecule has 0 saturated heterocycles. The third-order valence-electron chi connectivity index (χ3n) is 1.71. The molecular weight excluding hydrogens is 189 g/mol. The Morgan fingerprint density at radius 3 is 2.64 bits per heavy atom. The SMILES string of the molecule is CONCc1cc(O)c(OC)c(F)c1. The number of benzene rings is 1. The fourth-order valence-corrected chi connectivity index (χ4v) is 1.09. The third-order valence-corrected chi connectivity index (χ3v) is 1.71. The lowest BCUT2D eigenvalue weighted by Crippen LogP contribution is -2.10. The second-order valence-corrected chi connectivity index (χ2v) is 2.66. The van der Waals surface area contributed by atoms with Crippen LogP contribution in [-0.4, -0.2) is 19.3 Å². The number of nitrogens with one attached hydrogen (secondary N) is 1. The van der Waals surface area contributed by atoms with Crippen molar-refractivity contribution in [2.24, 2.45) is 0 Å². The normalized spacial score (nSPS) is 10.2. The number of phenolic OH excluding ortho intramolecular Hbond substituents is 1. The maximum atomic E-state index is 13.2. The van der Waals surface area contributed by atoms with Gasteiger partial charge in [-0.05, 0) is 17.7 Å². The first-order valence-corrected chi connectivity index (χ1v) is 4.00. The summed E-state index contributed by atoms with van der Waals surface area (Å²) in [5, 5.41) is 9.34. The van der Waals surface area contributed by atoms with E-state index in [1.807, 2.05) is 0 Å². The van der Waals surface area contributed by atoms with E-state index in [0.29, 0.717) is 12.1 Å². The fraction of sp³-hybridized carbons (Fsp3) is 0.333. The molecule has 78 valence electrons. The summed E-state index contributed by atoms with van der Waals surface area (Å²) in [6, 6.07) is 2.68. The molecule has 0 radical (unpaired) electrons. The van der Waals surface area contributed by atoms with Crippen molar-refractivity contribution in [3.05, 3.63) is 23.5 Å². The van der Waals surface area contributed by atoms with E-state index in [2.05, 4.69) is 15.1 Å². The van der Waals surface area contributed by atoms with Crippen molar-refractivity contribution in [2.75, 3.05) is 14.2 Å². The second kappa shape index (κ2) is 4.78. The van der Waals surface area contributed by atoms with Gasteiger partial charge in [0.15, 0.2) is 17.3 Å². The van der Waals surface area contributed by atoms with Crippen LogP contribution in [0, 0.1) is 5.82 Å². The van der Waals surface area contributed by atoms with E-state index in [1.165, 1.54) is 26.4 Å². The molecule has 1 aromatic carbocycles. The minimum absolute atomic E-state index is 0.147. The average Bonchev–Trinajstić information content (AvgIpc) is 2.14. The predicted octanol–water partition coefficient (Wildman–Crippen LogP) is 1.19. The van der Waals surface area contributed by atoms with Crippen LogP contribution in [0.3, 0.4) is 0 Å². The number of aromatic hydroxyl groups is 1. The topological polar surface area (TPSA) is 50.7 Å². The van der Waals surface area contributed by atoms with Crippen LogP contribution in [0.5, 0.6) is 11.5 Å². The van der Waals surface area contributed by atoms with Gasteiger partial charge in [-0.2, -0.15) is 5.48 Å². The second-order valence-electron chi connectivity index (χ2n) is 2.66. The van der Waals surface area contributed by atoms with Crippen LogP contribution in [0.4, 0.5) is 4.39 Å². The Labute approximate surface area is 81.2 Å². The van der Waals surface area contributed by atoms with E-state index in [9.17, 15) is 9.50 Å². The van der Waals surface area contributed by atoms with Crippen molar-refractivity contribution in [1.82, 2.24) is 5.48 Å². The van der Waals surface area contributed by atoms with E-state index in [1.54, 1.807) is 0 Å². The lowest BCUT2D eigenvalue weighted by Gasteiger charge is -2.07. The van der Waals surface area contributed by atoms with Gasteiger partial charge in [-0.25, -0.2) is 4.39 Å². The summed E-state index contributed by atoms with van der Waals surface area (Å²) in [6.07, 6.45) is 0. The molecule has 2 N–H and O–H groups in total. The minimum atomic E-state index is -0.597. The number of phenols is 1. The summed E-state index contributed by atoms with van der Waals surface area (Å²) in [4.78, 5) is 4.60. The molecule has 0 heterocycles. The zero-order valence-electron chi connectivity index (χ0n) is 8.00. The Kier molecular flexibility index (Phi) is 3.67. The molecule has 0 aliphatic carbocycles. The maximum Gasteiger partial charge on any atom is 0.196 e. The molecule has 1 aromatic rings. The van der Waals surface area contributed by atoms with Crippen LogP contribution >= 0.6 is 0 Å². The van der Waals surface area contributed by atoms with E-state index < -0.39 is 5.82 Å². The van der Waals surface area contributed by atoms with Gasteiger partial charge >= 0.3 is 0 Å². The number of methoxy groups -OCH3 is 1. The highest BCUT2D eigenvalue weighted by atomic mass is 19.1. The molecule has 14 heavy (non-hydrogen) atoms. The number of ether oxygens (including phenoxy) is 1. The van der Waals surface area contributed by atoms with Crippen molar-refractivity contribution in [3.63, 3.8) is 0 Å². The highest BCUT2D eigenvalue weighted by Gasteiger charge is 2.10. The monoisotopic (exact) mass is 201 g/mol. The summed E-state index contributed by atoms with van der Waals surface area (Å²) in [5.41, 5.74) is 3.11. The van der Waals surface area contributed by atoms with Crippen LogP contribution in [-0.2, 0) is 11.4 Å². The van der Waals surface area contributed by atoms with Crippen molar-refractivity contribution < 1.29 is 19.1 Å². The molecule has 1 rings (SSSR count). The molecule has 0 aliphatic rings. The van der Waals surface area contributed by atoms with Gasteiger partial charge in [-0.1, -0.05) is 0 Å². The quantitative estimate of drug-likeness (QED) is 0.718. The van der Waals surface area contributed by atoms with Gasteiger partial charge in [-0.3, -0.25) is 0 Å². The lowest BCUT2D eigenvalue weighted by molar-refractivity contribution is 0.0866. The van der Waals surface area contributed by atoms with Crippen molar-refractivity contribution in [2.45, 2.75) is 6.54 Å². The van der Waals surface area contributed by atoms with Gasteiger partial charge < -0.3 is 14.7 Å². The van der Waals surface area contributed by atoms with Crippen LogP contribution in [0.15, 0.2) is 12.1 Å². The number of rotatable bonds is 4. The Morgan fingerprint density at radius 1 is 1.43 bits per heavy atom. The predicted molar refractivity (Wildman–Crippen MR) is 48.5 cm³/mol. The summed E-state index contributed by atoms with van der Waals surface area (Å²) in [7, 11) is 2.75. The minimum Gasteiger partial charge on any atom is -0.504 e. The first-order valence-electron chi connectivity index (χ1n) is 4.00. The van der Waals surface area contributed by atoms with Gasteiger partial charge in [0.05, 0.1) is 14.2 Å². The number of hydrogen-bond donors (Lipinski definition) is 2. The molecule has 4 nitrogen and oxygen atoms in total. The van der Waals surface area contributed by atoms with Crippen molar-refractivity contribution in [3.8, 4) is 11.5 Å². The van der Waals surface area contributed by atoms with Crippen LogP contribution < -0.4 is 10.2 Å². The van der Waals surface area contributed by atoms with Gasteiger partial charge in [0, 0.05) is 6.54 Å². The zero-order chi connectivity index (χ0) is 10.6. The van der Waals surface area contributed by atoms with Crippen molar-refractivity contribution >= 4 is 0 Å². The highest BCUT2D eigenvalue weighted by Crippen LogP contribution is 2.29. The Bertz CT molecular complexity index is 294. The summed E-state index contributed by atoms with van der Waals surface area (Å²) in [5.74, 6) is -0.966. The Balaban J connectivity index is 2.90. The average molecular weight is 201 g/mol. The van der Waals surface area contributed by atoms with E-state index in [0.717, 1.165) is 0 Å². The lowest BCUT2D eigenvalue weighted by atomic mass is 10.2. The van der Waals surface area contributed by atoms with Crippen molar-refractivity contribution in [1.29, 1.82) is 0 Å². The van der Waals surface area contributed by atoms with E-state index in [4.69, 9.17) is 0 Å². The summed E-state index contributed by atoms with van der Waals surface area (Å²) in [6.45, 7) is 0.310. The van der Waals surface area contributed by atoms with E-state index in [-0.39, 0.29) is 11.5 Å². The highest BCUT2D eigenvalue weighted by molar-refractivity contribution is 5.43. The number of hydroxylamine groups is 1. The van der Waals surface area contributed by atoms with Crippen LogP contribution in [0.25, 0.3) is 0 Å². The van der Waals surface area contributed by atoms with Crippen LogP contribution in [0.1, 0.15) is 5.56 Å². The molecule has 0 aromatic heterocycles. The Hall–Kier alpha value is -1.33. The summed E-state index contributed by atoms with van der Waals surface area (Å²) < 4.78 is 17.8. The maximum absolute atomic E-state index is 13.2. The number of hydrogen-bond acceptors (Lipinski definition) is 4. The first kappa shape index (κ1) is 10.7. The van der Waals surface area contributed by atoms with Gasteiger partial charge in [0.25, 0.3) is 0 Å². The Morgan fingerprint density at radius 2 is 2.14 bits per heavy atom. The first-order chi connectivity index (χ1) is 6.69. The smallest absolute Gasteiger partial charge is 0.196 e. The molecule has 0 unspecified atom stereocenters. The van der Waals surface area contributed by atoms with Gasteiger partial charge in [0.2, 0.25) is 0 Å². The molecule has 0 aliphatic heterocycles. The largest absolute Gasteiger partial charge is 0.504 e. The molecule has 0 spiro atoms. The molecule has 0 bridgehead atoms. The fourth-order valence-electron chi connectivity index (χ4n) is 1.09. The molecular formula is C9H12FNO3. The molecule has 0 atom stereocenters. The standard InChI is InChI=1S/C9H12FNO3/c1-13-9-7(10)3-6(4-8(9)12)5-11-14-2/h3-4,11-12H,5H2,1-2H3. The van der Waals surface area contributed by atoms with Crippen LogP contribution in [0.2, 0.25) is 0 Å². The molecule has 0 saturated carbocycles.